The Morgan fingerprint density at radius 1 is 1.50 bits per heavy atom. The van der Waals surface area contributed by atoms with Gasteiger partial charge in [-0.05, 0) is 32.4 Å². The molecule has 1 saturated heterocycles. The second-order valence-electron chi connectivity index (χ2n) is 4.49. The minimum atomic E-state index is 0.564. The van der Waals surface area contributed by atoms with Gasteiger partial charge in [-0.1, -0.05) is 6.42 Å². The quantitative estimate of drug-likeness (QED) is 0.833. The molecule has 2 N–H and O–H groups in total. The Kier molecular flexibility index (Phi) is 3.96. The zero-order valence-corrected chi connectivity index (χ0v) is 10.1. The van der Waals surface area contributed by atoms with Crippen molar-refractivity contribution in [1.29, 1.82) is 0 Å². The van der Waals surface area contributed by atoms with E-state index in [1.165, 1.54) is 31.5 Å². The molecule has 1 fully saturated rings. The van der Waals surface area contributed by atoms with Crippen molar-refractivity contribution in [2.24, 2.45) is 5.73 Å². The fourth-order valence-corrected chi connectivity index (χ4v) is 2.52. The van der Waals surface area contributed by atoms with Gasteiger partial charge in [-0.3, -0.25) is 9.58 Å². The Morgan fingerprint density at radius 2 is 2.38 bits per heavy atom. The van der Waals surface area contributed by atoms with Gasteiger partial charge in [0, 0.05) is 31.9 Å². The molecule has 0 spiro atoms. The Labute approximate surface area is 97.4 Å². The third kappa shape index (κ3) is 2.44. The van der Waals surface area contributed by atoms with Gasteiger partial charge in [-0.25, -0.2) is 0 Å². The lowest BCUT2D eigenvalue weighted by Gasteiger charge is -2.34. The lowest BCUT2D eigenvalue weighted by atomic mass is 10.0. The van der Waals surface area contributed by atoms with Crippen molar-refractivity contribution < 1.29 is 0 Å². The summed E-state index contributed by atoms with van der Waals surface area (Å²) in [6, 6.07) is 2.68. The van der Waals surface area contributed by atoms with Gasteiger partial charge >= 0.3 is 0 Å². The van der Waals surface area contributed by atoms with Crippen LogP contribution in [0.2, 0.25) is 0 Å². The molecule has 90 valence electrons. The van der Waals surface area contributed by atoms with Crippen molar-refractivity contribution in [3.63, 3.8) is 0 Å². The van der Waals surface area contributed by atoms with Crippen molar-refractivity contribution in [1.82, 2.24) is 14.7 Å². The van der Waals surface area contributed by atoms with Crippen LogP contribution in [0.4, 0.5) is 0 Å². The van der Waals surface area contributed by atoms with E-state index in [0.29, 0.717) is 6.04 Å². The lowest BCUT2D eigenvalue weighted by molar-refractivity contribution is 0.141. The average molecular weight is 222 g/mol. The molecule has 1 aromatic heterocycles. The summed E-state index contributed by atoms with van der Waals surface area (Å²) in [5.41, 5.74) is 7.14. The second-order valence-corrected chi connectivity index (χ2v) is 4.49. The molecule has 1 aliphatic rings. The predicted octanol–water partition coefficient (Wildman–Crippen LogP) is 1.22. The van der Waals surface area contributed by atoms with Gasteiger partial charge in [-0.2, -0.15) is 5.10 Å². The number of rotatable bonds is 4. The van der Waals surface area contributed by atoms with Gasteiger partial charge in [-0.15, -0.1) is 0 Å². The summed E-state index contributed by atoms with van der Waals surface area (Å²) in [5.74, 6) is 0. The lowest BCUT2D eigenvalue weighted by Crippen LogP contribution is -2.43. The van der Waals surface area contributed by atoms with Crippen molar-refractivity contribution in [3.05, 3.63) is 18.0 Å². The summed E-state index contributed by atoms with van der Waals surface area (Å²) in [6.45, 7) is 6.03. The summed E-state index contributed by atoms with van der Waals surface area (Å²) in [6.07, 6.45) is 5.76. The van der Waals surface area contributed by atoms with Crippen molar-refractivity contribution in [3.8, 4) is 0 Å². The average Bonchev–Trinajstić information content (AvgIpc) is 2.77. The van der Waals surface area contributed by atoms with Gasteiger partial charge in [0.1, 0.15) is 0 Å². The molecule has 1 atom stereocenters. The van der Waals surface area contributed by atoms with E-state index in [-0.39, 0.29) is 0 Å². The molecule has 0 unspecified atom stereocenters. The highest BCUT2D eigenvalue weighted by Crippen LogP contribution is 2.18. The van der Waals surface area contributed by atoms with Gasteiger partial charge in [0.25, 0.3) is 0 Å². The summed E-state index contributed by atoms with van der Waals surface area (Å²) in [5, 5.41) is 4.31. The first-order valence-corrected chi connectivity index (χ1v) is 6.30. The van der Waals surface area contributed by atoms with E-state index in [4.69, 9.17) is 5.73 Å². The van der Waals surface area contributed by atoms with Crippen LogP contribution >= 0.6 is 0 Å². The van der Waals surface area contributed by atoms with Crippen LogP contribution in [0.15, 0.2) is 12.3 Å². The summed E-state index contributed by atoms with van der Waals surface area (Å²) >= 11 is 0. The van der Waals surface area contributed by atoms with Crippen LogP contribution in [-0.2, 0) is 13.1 Å². The van der Waals surface area contributed by atoms with Crippen LogP contribution in [-0.4, -0.2) is 33.8 Å². The smallest absolute Gasteiger partial charge is 0.0524 e. The minimum Gasteiger partial charge on any atom is -0.329 e. The number of aryl methyl sites for hydroxylation is 1. The Morgan fingerprint density at radius 3 is 3.12 bits per heavy atom. The van der Waals surface area contributed by atoms with Crippen LogP contribution < -0.4 is 5.73 Å². The number of hydrogen-bond donors (Lipinski definition) is 1. The minimum absolute atomic E-state index is 0.564. The van der Waals surface area contributed by atoms with E-state index in [0.717, 1.165) is 19.6 Å². The molecule has 0 aliphatic carbocycles. The van der Waals surface area contributed by atoms with Gasteiger partial charge < -0.3 is 5.73 Å². The first-order chi connectivity index (χ1) is 7.85. The highest BCUT2D eigenvalue weighted by Gasteiger charge is 2.21. The predicted molar refractivity (Wildman–Crippen MR) is 65.0 cm³/mol. The third-order valence-electron chi connectivity index (χ3n) is 3.49. The Bertz CT molecular complexity index is 321. The van der Waals surface area contributed by atoms with Crippen LogP contribution in [0.5, 0.6) is 0 Å². The van der Waals surface area contributed by atoms with Crippen LogP contribution in [0.3, 0.4) is 0 Å². The second kappa shape index (κ2) is 5.46. The van der Waals surface area contributed by atoms with Crippen LogP contribution in [0, 0.1) is 0 Å². The topological polar surface area (TPSA) is 47.1 Å². The monoisotopic (exact) mass is 222 g/mol. The molecule has 0 amide bonds. The molecule has 1 aliphatic heterocycles. The maximum atomic E-state index is 5.83. The molecule has 0 saturated carbocycles. The van der Waals surface area contributed by atoms with E-state index >= 15 is 0 Å². The molecular formula is C12H22N4. The molecule has 2 heterocycles. The maximum absolute atomic E-state index is 5.83. The van der Waals surface area contributed by atoms with Gasteiger partial charge in [0.05, 0.1) is 5.69 Å². The molecule has 4 nitrogen and oxygen atoms in total. The van der Waals surface area contributed by atoms with Crippen molar-refractivity contribution in [2.45, 2.75) is 45.3 Å². The highest BCUT2D eigenvalue weighted by atomic mass is 15.3. The Balaban J connectivity index is 2.02. The molecule has 0 aromatic carbocycles. The number of likely N-dealkylation sites (tertiary alicyclic amines) is 1. The summed E-state index contributed by atoms with van der Waals surface area (Å²) < 4.78 is 2.07. The first-order valence-electron chi connectivity index (χ1n) is 6.30. The fourth-order valence-electron chi connectivity index (χ4n) is 2.52. The zero-order chi connectivity index (χ0) is 11.4. The number of nitrogens with two attached hydrogens (primary N) is 1. The van der Waals surface area contributed by atoms with E-state index in [1.807, 2.05) is 6.20 Å². The van der Waals surface area contributed by atoms with Gasteiger partial charge in [0.2, 0.25) is 0 Å². The van der Waals surface area contributed by atoms with Crippen molar-refractivity contribution >= 4 is 0 Å². The third-order valence-corrected chi connectivity index (χ3v) is 3.49. The molecule has 0 bridgehead atoms. The fraction of sp³-hybridized carbons (Fsp3) is 0.750. The first kappa shape index (κ1) is 11.6. The van der Waals surface area contributed by atoms with Crippen LogP contribution in [0.25, 0.3) is 0 Å². The standard InChI is InChI=1S/C12H22N4/c1-2-16-12(6-7-14-16)10-15-8-4-3-5-11(15)9-13/h6-7,11H,2-5,8-10,13H2,1H3/t11-/m0/s1. The Hall–Kier alpha value is -0.870. The molecule has 4 heteroatoms. The molecular weight excluding hydrogens is 200 g/mol. The number of nitrogens with zero attached hydrogens (tertiary/aromatic N) is 3. The number of piperidine rings is 1. The molecule has 2 rings (SSSR count). The van der Waals surface area contributed by atoms with E-state index in [2.05, 4.69) is 27.7 Å². The largest absolute Gasteiger partial charge is 0.329 e. The summed E-state index contributed by atoms with van der Waals surface area (Å²) in [4.78, 5) is 2.51. The van der Waals surface area contributed by atoms with E-state index in [9.17, 15) is 0 Å². The normalized spacial score (nSPS) is 22.5. The van der Waals surface area contributed by atoms with Gasteiger partial charge in [0.15, 0.2) is 0 Å². The van der Waals surface area contributed by atoms with Crippen molar-refractivity contribution in [2.75, 3.05) is 13.1 Å². The SMILES string of the molecule is CCn1nccc1CN1CCCC[C@H]1CN. The number of hydrogen-bond acceptors (Lipinski definition) is 3. The maximum Gasteiger partial charge on any atom is 0.0524 e. The molecule has 0 radical (unpaired) electrons. The summed E-state index contributed by atoms with van der Waals surface area (Å²) in [7, 11) is 0. The molecule has 1 aromatic rings. The van der Waals surface area contributed by atoms with E-state index in [1.54, 1.807) is 0 Å². The van der Waals surface area contributed by atoms with Crippen LogP contribution in [0.1, 0.15) is 31.9 Å². The highest BCUT2D eigenvalue weighted by molar-refractivity contribution is 5.01. The molecule has 16 heavy (non-hydrogen) atoms. The van der Waals surface area contributed by atoms with E-state index < -0.39 is 0 Å². The number of aromatic nitrogens is 2. The zero-order valence-electron chi connectivity index (χ0n) is 10.1.